The summed E-state index contributed by atoms with van der Waals surface area (Å²) in [6.45, 7) is -0.573. The van der Waals surface area contributed by atoms with E-state index in [0.717, 1.165) is 17.9 Å². The molecule has 0 radical (unpaired) electrons. The molecule has 2 N–H and O–H groups in total. The molecule has 1 rings (SSSR count). The smallest absolute Gasteiger partial charge is 0.389 e. The molecule has 0 bridgehead atoms. The van der Waals surface area contributed by atoms with Crippen LogP contribution in [0, 0.1) is 10.1 Å². The van der Waals surface area contributed by atoms with Crippen molar-refractivity contribution >= 4 is 17.7 Å². The van der Waals surface area contributed by atoms with Crippen LogP contribution in [0.25, 0.3) is 0 Å². The highest BCUT2D eigenvalue weighted by molar-refractivity contribution is 5.78. The van der Waals surface area contributed by atoms with Crippen LogP contribution >= 0.6 is 0 Å². The van der Waals surface area contributed by atoms with Gasteiger partial charge in [-0.2, -0.15) is 4.68 Å². The molecule has 104 valence electrons. The number of nitrogens with one attached hydrogen (secondary N) is 1. The van der Waals surface area contributed by atoms with E-state index >= 15 is 0 Å². The first-order chi connectivity index (χ1) is 8.93. The van der Waals surface area contributed by atoms with Crippen molar-refractivity contribution in [1.29, 1.82) is 0 Å². The average Bonchev–Trinajstić information content (AvgIpc) is 2.83. The summed E-state index contributed by atoms with van der Waals surface area (Å²) in [5.74, 6) is -1.79. The average molecular weight is 272 g/mol. The van der Waals surface area contributed by atoms with Gasteiger partial charge in [0.2, 0.25) is 5.91 Å². The number of amides is 1. The lowest BCUT2D eigenvalue weighted by molar-refractivity contribution is -0.389. The van der Waals surface area contributed by atoms with Crippen molar-refractivity contribution in [3.63, 3.8) is 0 Å². The van der Waals surface area contributed by atoms with Gasteiger partial charge in [0, 0.05) is 0 Å². The maximum atomic E-state index is 11.4. The standard InChI is InChI=1S/C9H12N4O6/c1-19-9(16)6(14)4-10-8(15)5-12-3-2-7(11-12)13(17)18/h2-3,6,14H,4-5H2,1H3,(H,10,15). The van der Waals surface area contributed by atoms with Gasteiger partial charge in [0.25, 0.3) is 0 Å². The molecule has 10 nitrogen and oxygen atoms in total. The molecule has 1 atom stereocenters. The number of hydrogen-bond acceptors (Lipinski definition) is 7. The van der Waals surface area contributed by atoms with E-state index in [9.17, 15) is 24.8 Å². The van der Waals surface area contributed by atoms with Gasteiger partial charge in [-0.25, -0.2) is 4.79 Å². The molecular formula is C9H12N4O6. The lowest BCUT2D eigenvalue weighted by Crippen LogP contribution is -2.38. The van der Waals surface area contributed by atoms with Gasteiger partial charge < -0.3 is 25.3 Å². The lowest BCUT2D eigenvalue weighted by atomic mass is 10.3. The molecular weight excluding hydrogens is 260 g/mol. The number of nitro groups is 1. The molecule has 0 aromatic carbocycles. The fraction of sp³-hybridized carbons (Fsp3) is 0.444. The van der Waals surface area contributed by atoms with E-state index in [0.29, 0.717) is 0 Å². The fourth-order valence-corrected chi connectivity index (χ4v) is 1.17. The Bertz CT molecular complexity index is 485. The molecule has 0 spiro atoms. The second-order valence-electron chi connectivity index (χ2n) is 3.47. The molecule has 19 heavy (non-hydrogen) atoms. The van der Waals surface area contributed by atoms with Gasteiger partial charge in [-0.05, 0) is 4.92 Å². The Balaban J connectivity index is 2.42. The summed E-state index contributed by atoms with van der Waals surface area (Å²) in [6, 6.07) is 1.15. The van der Waals surface area contributed by atoms with Crippen LogP contribution in [-0.4, -0.2) is 51.4 Å². The van der Waals surface area contributed by atoms with E-state index in [2.05, 4.69) is 15.2 Å². The molecule has 1 aromatic heterocycles. The largest absolute Gasteiger partial charge is 0.467 e. The number of carbonyl (C=O) groups is 2. The number of esters is 1. The van der Waals surface area contributed by atoms with Gasteiger partial charge in [0.15, 0.2) is 6.10 Å². The Morgan fingerprint density at radius 3 is 2.89 bits per heavy atom. The topological polar surface area (TPSA) is 137 Å². The van der Waals surface area contributed by atoms with Crippen LogP contribution in [0.5, 0.6) is 0 Å². The lowest BCUT2D eigenvalue weighted by Gasteiger charge is -2.08. The molecule has 1 unspecified atom stereocenters. The summed E-state index contributed by atoms with van der Waals surface area (Å²) >= 11 is 0. The minimum Gasteiger partial charge on any atom is -0.467 e. The highest BCUT2D eigenvalue weighted by Crippen LogP contribution is 2.04. The van der Waals surface area contributed by atoms with Crippen LogP contribution in [0.4, 0.5) is 5.82 Å². The number of aliphatic hydroxyl groups is 1. The van der Waals surface area contributed by atoms with Gasteiger partial charge in [0.05, 0.1) is 31.0 Å². The Morgan fingerprint density at radius 1 is 1.68 bits per heavy atom. The summed E-state index contributed by atoms with van der Waals surface area (Å²) in [6.07, 6.45) is -0.185. The predicted octanol–water partition coefficient (Wildman–Crippen LogP) is -1.56. The van der Waals surface area contributed by atoms with Gasteiger partial charge >= 0.3 is 11.8 Å². The first-order valence-electron chi connectivity index (χ1n) is 5.14. The Hall–Kier alpha value is -2.49. The summed E-state index contributed by atoms with van der Waals surface area (Å²) < 4.78 is 5.33. The molecule has 0 saturated carbocycles. The molecule has 0 aliphatic rings. The number of methoxy groups -OCH3 is 1. The van der Waals surface area contributed by atoms with Gasteiger partial charge in [-0.3, -0.25) is 4.79 Å². The molecule has 0 aliphatic heterocycles. The van der Waals surface area contributed by atoms with Crippen LogP contribution in [0.1, 0.15) is 0 Å². The number of ether oxygens (including phenoxy) is 1. The normalized spacial score (nSPS) is 11.7. The number of aromatic nitrogens is 2. The van der Waals surface area contributed by atoms with E-state index in [4.69, 9.17) is 0 Å². The first kappa shape index (κ1) is 14.6. The minimum atomic E-state index is -1.46. The van der Waals surface area contributed by atoms with Crippen LogP contribution in [0.3, 0.4) is 0 Å². The van der Waals surface area contributed by atoms with Crippen molar-refractivity contribution < 1.29 is 24.4 Å². The SMILES string of the molecule is COC(=O)C(O)CNC(=O)Cn1ccc([N+](=O)[O-])n1. The van der Waals surface area contributed by atoms with Crippen molar-refractivity contribution in [2.45, 2.75) is 12.6 Å². The zero-order chi connectivity index (χ0) is 14.4. The van der Waals surface area contributed by atoms with Crippen LogP contribution in [0.15, 0.2) is 12.3 Å². The van der Waals surface area contributed by atoms with Gasteiger partial charge in [-0.1, -0.05) is 0 Å². The van der Waals surface area contributed by atoms with Crippen molar-refractivity contribution in [3.8, 4) is 0 Å². The third kappa shape index (κ3) is 4.35. The van der Waals surface area contributed by atoms with E-state index in [-0.39, 0.29) is 18.9 Å². The number of aliphatic hydroxyl groups excluding tert-OH is 1. The van der Waals surface area contributed by atoms with Crippen LogP contribution in [-0.2, 0) is 20.9 Å². The number of carbonyl (C=O) groups excluding carboxylic acids is 2. The molecule has 0 saturated heterocycles. The second-order valence-corrected chi connectivity index (χ2v) is 3.47. The summed E-state index contributed by atoms with van der Waals surface area (Å²) in [5.41, 5.74) is 0. The quantitative estimate of drug-likeness (QED) is 0.363. The Morgan fingerprint density at radius 2 is 2.37 bits per heavy atom. The summed E-state index contributed by atoms with van der Waals surface area (Å²) in [4.78, 5) is 31.9. The summed E-state index contributed by atoms with van der Waals surface area (Å²) in [7, 11) is 1.11. The molecule has 10 heteroatoms. The highest BCUT2D eigenvalue weighted by Gasteiger charge is 2.17. The van der Waals surface area contributed by atoms with E-state index < -0.39 is 22.9 Å². The maximum Gasteiger partial charge on any atom is 0.389 e. The van der Waals surface area contributed by atoms with E-state index in [1.54, 1.807) is 0 Å². The van der Waals surface area contributed by atoms with Gasteiger partial charge in [0.1, 0.15) is 6.54 Å². The van der Waals surface area contributed by atoms with Crippen LogP contribution < -0.4 is 5.32 Å². The number of hydrogen-bond donors (Lipinski definition) is 2. The van der Waals surface area contributed by atoms with Gasteiger partial charge in [-0.15, -0.1) is 0 Å². The highest BCUT2D eigenvalue weighted by atomic mass is 16.6. The molecule has 1 aromatic rings. The Labute approximate surface area is 107 Å². The number of rotatable bonds is 6. The monoisotopic (exact) mass is 272 g/mol. The Kier molecular flexibility index (Phi) is 4.94. The molecule has 0 aliphatic carbocycles. The molecule has 0 fully saturated rings. The first-order valence-corrected chi connectivity index (χ1v) is 5.14. The molecule has 1 amide bonds. The third-order valence-electron chi connectivity index (χ3n) is 2.09. The number of nitrogens with zero attached hydrogens (tertiary/aromatic N) is 3. The van der Waals surface area contributed by atoms with E-state index in [1.165, 1.54) is 6.20 Å². The zero-order valence-corrected chi connectivity index (χ0v) is 9.98. The van der Waals surface area contributed by atoms with Crippen molar-refractivity contribution in [3.05, 3.63) is 22.4 Å². The van der Waals surface area contributed by atoms with Crippen LogP contribution in [0.2, 0.25) is 0 Å². The minimum absolute atomic E-state index is 0.262. The van der Waals surface area contributed by atoms with E-state index in [1.807, 2.05) is 0 Å². The second kappa shape index (κ2) is 6.44. The van der Waals surface area contributed by atoms with Crippen molar-refractivity contribution in [1.82, 2.24) is 15.1 Å². The molecule has 1 heterocycles. The third-order valence-corrected chi connectivity index (χ3v) is 2.09. The van der Waals surface area contributed by atoms with Crippen molar-refractivity contribution in [2.24, 2.45) is 0 Å². The zero-order valence-electron chi connectivity index (χ0n) is 9.98. The maximum absolute atomic E-state index is 11.4. The predicted molar refractivity (Wildman–Crippen MR) is 59.9 cm³/mol. The van der Waals surface area contributed by atoms with Crippen molar-refractivity contribution in [2.75, 3.05) is 13.7 Å². The summed E-state index contributed by atoms with van der Waals surface area (Å²) in [5, 5.41) is 25.4. The fourth-order valence-electron chi connectivity index (χ4n) is 1.17.